The number of benzene rings is 2. The monoisotopic (exact) mass is 402 g/mol. The molecule has 1 amide bonds. The minimum absolute atomic E-state index is 0.0548. The number of nitrogens with one attached hydrogen (secondary N) is 1. The Morgan fingerprint density at radius 3 is 2.59 bits per heavy atom. The Morgan fingerprint density at radius 2 is 1.93 bits per heavy atom. The summed E-state index contributed by atoms with van der Waals surface area (Å²) in [6.07, 6.45) is 0. The molecule has 6 heteroatoms. The average molecular weight is 403 g/mol. The molecule has 0 aliphatic carbocycles. The first-order chi connectivity index (χ1) is 13.0. The van der Waals surface area contributed by atoms with Gasteiger partial charge in [0.15, 0.2) is 5.13 Å². The molecule has 1 aromatic heterocycles. The number of nitrogens with zero attached hydrogens (tertiary/aromatic N) is 2. The Bertz CT molecular complexity index is 936. The zero-order valence-corrected chi connectivity index (χ0v) is 17.5. The number of para-hydroxylation sites is 1. The summed E-state index contributed by atoms with van der Waals surface area (Å²) in [5, 5.41) is 1.31. The van der Waals surface area contributed by atoms with Gasteiger partial charge in [-0.15, -0.1) is 0 Å². The second kappa shape index (κ2) is 8.83. The second-order valence-corrected chi connectivity index (χ2v) is 8.04. The van der Waals surface area contributed by atoms with Crippen LogP contribution in [0.2, 0.25) is 5.02 Å². The molecule has 0 spiro atoms. The van der Waals surface area contributed by atoms with E-state index < -0.39 is 0 Å². The molecule has 0 aliphatic rings. The number of thiazole rings is 1. The van der Waals surface area contributed by atoms with Crippen molar-refractivity contribution >= 4 is 44.2 Å². The molecule has 0 fully saturated rings. The molecule has 0 unspecified atom stereocenters. The molecule has 0 atom stereocenters. The normalized spacial score (nSPS) is 11.3. The highest BCUT2D eigenvalue weighted by Gasteiger charge is 2.23. The average Bonchev–Trinajstić information content (AvgIpc) is 3.10. The third-order valence-electron chi connectivity index (χ3n) is 4.85. The van der Waals surface area contributed by atoms with E-state index >= 15 is 0 Å². The number of carbonyl (C=O) groups is 1. The first kappa shape index (κ1) is 19.8. The van der Waals surface area contributed by atoms with Gasteiger partial charge in [0.25, 0.3) is 5.91 Å². The van der Waals surface area contributed by atoms with Gasteiger partial charge >= 0.3 is 0 Å². The third-order valence-corrected chi connectivity index (χ3v) is 6.12. The standard InChI is InChI=1S/C21H24ClN3OS/c1-4-24(5-2)12-13-25(20(26)16-9-7-10-17(22)14-16)21-23-19-15(3)8-6-11-18(19)27-21/h6-11,14H,4-5,12-13H2,1-3H3/p+1. The number of hydrogen-bond acceptors (Lipinski definition) is 3. The Balaban J connectivity index is 1.97. The van der Waals surface area contributed by atoms with E-state index in [-0.39, 0.29) is 5.91 Å². The first-order valence-electron chi connectivity index (χ1n) is 9.30. The van der Waals surface area contributed by atoms with Crippen LogP contribution < -0.4 is 9.80 Å². The molecule has 0 radical (unpaired) electrons. The lowest BCUT2D eigenvalue weighted by molar-refractivity contribution is -0.894. The predicted octanol–water partition coefficient (Wildman–Crippen LogP) is 3.83. The molecule has 0 bridgehead atoms. The summed E-state index contributed by atoms with van der Waals surface area (Å²) in [6, 6.07) is 13.3. The zero-order valence-electron chi connectivity index (χ0n) is 16.0. The van der Waals surface area contributed by atoms with Crippen molar-refractivity contribution in [3.8, 4) is 0 Å². The molecule has 4 nitrogen and oxygen atoms in total. The smallest absolute Gasteiger partial charge is 0.260 e. The van der Waals surface area contributed by atoms with Crippen LogP contribution in [0.4, 0.5) is 5.13 Å². The summed E-state index contributed by atoms with van der Waals surface area (Å²) in [7, 11) is 0. The van der Waals surface area contributed by atoms with Gasteiger partial charge in [-0.25, -0.2) is 4.98 Å². The first-order valence-corrected chi connectivity index (χ1v) is 10.5. The molecule has 0 saturated heterocycles. The number of fused-ring (bicyclic) bond motifs is 1. The van der Waals surface area contributed by atoms with Crippen molar-refractivity contribution in [2.24, 2.45) is 0 Å². The zero-order chi connectivity index (χ0) is 19.4. The lowest BCUT2D eigenvalue weighted by Gasteiger charge is -2.23. The van der Waals surface area contributed by atoms with Gasteiger partial charge in [-0.2, -0.15) is 0 Å². The van der Waals surface area contributed by atoms with Gasteiger partial charge in [-0.05, 0) is 50.6 Å². The predicted molar refractivity (Wildman–Crippen MR) is 114 cm³/mol. The lowest BCUT2D eigenvalue weighted by Crippen LogP contribution is -3.12. The highest BCUT2D eigenvalue weighted by atomic mass is 35.5. The Labute approximate surface area is 169 Å². The van der Waals surface area contributed by atoms with E-state index in [9.17, 15) is 4.79 Å². The maximum Gasteiger partial charge on any atom is 0.260 e. The number of carbonyl (C=O) groups excluding carboxylic acids is 1. The van der Waals surface area contributed by atoms with Crippen molar-refractivity contribution in [2.45, 2.75) is 20.8 Å². The van der Waals surface area contributed by atoms with E-state index in [1.165, 1.54) is 4.90 Å². The Hall–Kier alpha value is -1.95. The van der Waals surface area contributed by atoms with Crippen LogP contribution in [0.5, 0.6) is 0 Å². The number of amides is 1. The van der Waals surface area contributed by atoms with E-state index in [1.807, 2.05) is 18.2 Å². The largest absolute Gasteiger partial charge is 0.334 e. The maximum atomic E-state index is 13.3. The van der Waals surface area contributed by atoms with Gasteiger partial charge in [0.05, 0.1) is 36.4 Å². The van der Waals surface area contributed by atoms with E-state index in [2.05, 4.69) is 32.9 Å². The minimum atomic E-state index is -0.0548. The van der Waals surface area contributed by atoms with Crippen molar-refractivity contribution in [2.75, 3.05) is 31.1 Å². The molecular formula is C21H25ClN3OS+. The summed E-state index contributed by atoms with van der Waals surface area (Å²) in [6.45, 7) is 9.97. The summed E-state index contributed by atoms with van der Waals surface area (Å²) >= 11 is 7.67. The number of aryl methyl sites for hydroxylation is 1. The van der Waals surface area contributed by atoms with Crippen LogP contribution >= 0.6 is 22.9 Å². The van der Waals surface area contributed by atoms with Crippen LogP contribution in [0.1, 0.15) is 29.8 Å². The van der Waals surface area contributed by atoms with Gasteiger partial charge in [0.2, 0.25) is 0 Å². The molecule has 1 heterocycles. The molecule has 2 aromatic carbocycles. The van der Waals surface area contributed by atoms with Gasteiger partial charge in [0, 0.05) is 10.6 Å². The number of anilines is 1. The summed E-state index contributed by atoms with van der Waals surface area (Å²) in [4.78, 5) is 21.3. The van der Waals surface area contributed by atoms with Crippen molar-refractivity contribution in [3.05, 3.63) is 58.6 Å². The SMILES string of the molecule is CC[NH+](CC)CCN(C(=O)c1cccc(Cl)c1)c1nc2c(C)cccc2s1. The molecule has 27 heavy (non-hydrogen) atoms. The molecule has 1 N–H and O–H groups in total. The minimum Gasteiger partial charge on any atom is -0.334 e. The van der Waals surface area contributed by atoms with Crippen LogP contribution in [0.25, 0.3) is 10.2 Å². The van der Waals surface area contributed by atoms with E-state index in [0.29, 0.717) is 17.1 Å². The van der Waals surface area contributed by atoms with Gasteiger partial charge in [0.1, 0.15) is 0 Å². The summed E-state index contributed by atoms with van der Waals surface area (Å²) in [5.74, 6) is -0.0548. The fourth-order valence-corrected chi connectivity index (χ4v) is 4.38. The fourth-order valence-electron chi connectivity index (χ4n) is 3.12. The summed E-state index contributed by atoms with van der Waals surface area (Å²) in [5.41, 5.74) is 2.68. The number of rotatable bonds is 7. The van der Waals surface area contributed by atoms with Crippen molar-refractivity contribution in [3.63, 3.8) is 0 Å². The van der Waals surface area contributed by atoms with Gasteiger partial charge < -0.3 is 4.90 Å². The lowest BCUT2D eigenvalue weighted by atomic mass is 10.2. The number of likely N-dealkylation sites (N-methyl/N-ethyl adjacent to an activating group) is 1. The second-order valence-electron chi connectivity index (χ2n) is 6.59. The van der Waals surface area contributed by atoms with E-state index in [4.69, 9.17) is 16.6 Å². The number of hydrogen-bond donors (Lipinski definition) is 1. The number of halogens is 1. The van der Waals surface area contributed by atoms with Gasteiger partial charge in [-0.1, -0.05) is 41.1 Å². The van der Waals surface area contributed by atoms with Crippen LogP contribution in [0.3, 0.4) is 0 Å². The van der Waals surface area contributed by atoms with Crippen LogP contribution in [-0.4, -0.2) is 37.1 Å². The van der Waals surface area contributed by atoms with Crippen LogP contribution in [0, 0.1) is 6.92 Å². The molecular weight excluding hydrogens is 378 g/mol. The molecule has 3 rings (SSSR count). The van der Waals surface area contributed by atoms with Crippen LogP contribution in [0.15, 0.2) is 42.5 Å². The number of aromatic nitrogens is 1. The van der Waals surface area contributed by atoms with Crippen molar-refractivity contribution in [1.82, 2.24) is 4.98 Å². The third kappa shape index (κ3) is 4.49. The highest BCUT2D eigenvalue weighted by molar-refractivity contribution is 7.22. The fraction of sp³-hybridized carbons (Fsp3) is 0.333. The molecule has 142 valence electrons. The van der Waals surface area contributed by atoms with Crippen LogP contribution in [-0.2, 0) is 0 Å². The molecule has 0 saturated carbocycles. The summed E-state index contributed by atoms with van der Waals surface area (Å²) < 4.78 is 1.10. The quantitative estimate of drug-likeness (QED) is 0.652. The Morgan fingerprint density at radius 1 is 1.19 bits per heavy atom. The molecule has 3 aromatic rings. The van der Waals surface area contributed by atoms with Crippen molar-refractivity contribution < 1.29 is 9.69 Å². The van der Waals surface area contributed by atoms with E-state index in [0.717, 1.165) is 40.5 Å². The topological polar surface area (TPSA) is 37.6 Å². The van der Waals surface area contributed by atoms with Crippen molar-refractivity contribution in [1.29, 1.82) is 0 Å². The van der Waals surface area contributed by atoms with E-state index in [1.54, 1.807) is 28.4 Å². The highest BCUT2D eigenvalue weighted by Crippen LogP contribution is 2.31. The Kier molecular flexibility index (Phi) is 6.47. The molecule has 0 aliphatic heterocycles. The number of quaternary nitrogens is 1. The maximum absolute atomic E-state index is 13.3. The van der Waals surface area contributed by atoms with Gasteiger partial charge in [-0.3, -0.25) is 9.69 Å².